The number of ether oxygens (including phenoxy) is 1. The van der Waals surface area contributed by atoms with Gasteiger partial charge in [0.15, 0.2) is 0 Å². The quantitative estimate of drug-likeness (QED) is 0.784. The van der Waals surface area contributed by atoms with Gasteiger partial charge in [0.25, 0.3) is 0 Å². The molecule has 1 saturated heterocycles. The molecule has 2 amide bonds. The fourth-order valence-electron chi connectivity index (χ4n) is 3.49. The molecule has 1 atom stereocenters. The van der Waals surface area contributed by atoms with Gasteiger partial charge in [0.1, 0.15) is 12.4 Å². The lowest BCUT2D eigenvalue weighted by molar-refractivity contribution is -0.136. The lowest BCUT2D eigenvalue weighted by atomic mass is 9.92. The van der Waals surface area contributed by atoms with Gasteiger partial charge in [-0.25, -0.2) is 0 Å². The van der Waals surface area contributed by atoms with Crippen molar-refractivity contribution < 1.29 is 18.7 Å². The van der Waals surface area contributed by atoms with Crippen LogP contribution < -0.4 is 0 Å². The maximum absolute atomic E-state index is 13.0. The fraction of sp³-hybridized carbons (Fsp3) is 0.429. The Morgan fingerprint density at radius 3 is 2.33 bits per heavy atom. The molecule has 0 bridgehead atoms. The highest BCUT2D eigenvalue weighted by Gasteiger charge is 2.26. The summed E-state index contributed by atoms with van der Waals surface area (Å²) in [5.41, 5.74) is 1.06. The molecule has 3 rings (SSSR count). The van der Waals surface area contributed by atoms with Crippen molar-refractivity contribution in [2.75, 3.05) is 39.9 Å². The number of benzene rings is 1. The summed E-state index contributed by atoms with van der Waals surface area (Å²) >= 11 is 0. The van der Waals surface area contributed by atoms with Gasteiger partial charge in [-0.1, -0.05) is 30.3 Å². The van der Waals surface area contributed by atoms with Gasteiger partial charge in [-0.15, -0.1) is 0 Å². The van der Waals surface area contributed by atoms with Crippen LogP contribution in [0, 0.1) is 0 Å². The summed E-state index contributed by atoms with van der Waals surface area (Å²) in [4.78, 5) is 28.7. The maximum Gasteiger partial charge on any atom is 0.248 e. The van der Waals surface area contributed by atoms with Crippen LogP contribution in [-0.2, 0) is 14.3 Å². The predicted octanol–water partition coefficient (Wildman–Crippen LogP) is 2.51. The Morgan fingerprint density at radius 2 is 1.70 bits per heavy atom. The van der Waals surface area contributed by atoms with E-state index in [9.17, 15) is 9.59 Å². The Hall–Kier alpha value is -2.60. The first-order valence-corrected chi connectivity index (χ1v) is 9.32. The van der Waals surface area contributed by atoms with Crippen LogP contribution in [0.3, 0.4) is 0 Å². The van der Waals surface area contributed by atoms with Crippen molar-refractivity contribution >= 4 is 11.8 Å². The molecule has 0 spiro atoms. The normalized spacial score (nSPS) is 16.0. The number of methoxy groups -OCH3 is 1. The van der Waals surface area contributed by atoms with E-state index in [0.717, 1.165) is 17.7 Å². The van der Waals surface area contributed by atoms with Crippen molar-refractivity contribution in [1.29, 1.82) is 0 Å². The molecular formula is C21H26N2O4. The first kappa shape index (κ1) is 19.2. The Labute approximate surface area is 159 Å². The summed E-state index contributed by atoms with van der Waals surface area (Å²) in [5.74, 6) is 0.746. The summed E-state index contributed by atoms with van der Waals surface area (Å²) in [6, 6.07) is 13.7. The molecule has 0 unspecified atom stereocenters. The highest BCUT2D eigenvalue weighted by molar-refractivity contribution is 5.79. The van der Waals surface area contributed by atoms with Crippen LogP contribution in [0.1, 0.15) is 30.1 Å². The number of amides is 2. The number of carbonyl (C=O) groups is 2. The van der Waals surface area contributed by atoms with Gasteiger partial charge < -0.3 is 19.0 Å². The van der Waals surface area contributed by atoms with Crippen molar-refractivity contribution in [2.24, 2.45) is 0 Å². The van der Waals surface area contributed by atoms with Gasteiger partial charge in [0, 0.05) is 39.7 Å². The van der Waals surface area contributed by atoms with E-state index in [1.54, 1.807) is 11.2 Å². The molecule has 0 saturated carbocycles. The van der Waals surface area contributed by atoms with Crippen LogP contribution in [-0.4, -0.2) is 61.5 Å². The highest BCUT2D eigenvalue weighted by Crippen LogP contribution is 2.29. The van der Waals surface area contributed by atoms with Gasteiger partial charge in [0.05, 0.1) is 12.2 Å². The molecule has 6 heteroatoms. The van der Waals surface area contributed by atoms with Crippen molar-refractivity contribution in [1.82, 2.24) is 9.80 Å². The molecule has 1 aromatic carbocycles. The Kier molecular flexibility index (Phi) is 6.65. The van der Waals surface area contributed by atoms with Crippen LogP contribution in [0.4, 0.5) is 0 Å². The zero-order chi connectivity index (χ0) is 19.1. The van der Waals surface area contributed by atoms with E-state index >= 15 is 0 Å². The van der Waals surface area contributed by atoms with E-state index in [1.165, 1.54) is 7.11 Å². The number of hydrogen-bond donors (Lipinski definition) is 0. The molecule has 1 aliphatic heterocycles. The Balaban J connectivity index is 1.66. The lowest BCUT2D eigenvalue weighted by Crippen LogP contribution is -2.39. The third kappa shape index (κ3) is 4.98. The van der Waals surface area contributed by atoms with E-state index in [-0.39, 0.29) is 24.3 Å². The molecule has 6 nitrogen and oxygen atoms in total. The highest BCUT2D eigenvalue weighted by atomic mass is 16.5. The zero-order valence-corrected chi connectivity index (χ0v) is 15.7. The predicted molar refractivity (Wildman–Crippen MR) is 101 cm³/mol. The number of hydrogen-bond acceptors (Lipinski definition) is 4. The number of carbonyl (C=O) groups excluding carboxylic acids is 2. The van der Waals surface area contributed by atoms with Crippen molar-refractivity contribution in [3.8, 4) is 0 Å². The molecule has 1 aromatic heterocycles. The molecular weight excluding hydrogens is 344 g/mol. The summed E-state index contributed by atoms with van der Waals surface area (Å²) in [7, 11) is 1.52. The van der Waals surface area contributed by atoms with E-state index in [1.807, 2.05) is 47.4 Å². The summed E-state index contributed by atoms with van der Waals surface area (Å²) in [6.45, 7) is 2.50. The van der Waals surface area contributed by atoms with Crippen LogP contribution >= 0.6 is 0 Å². The van der Waals surface area contributed by atoms with Crippen LogP contribution in [0.25, 0.3) is 0 Å². The van der Waals surface area contributed by atoms with Gasteiger partial charge in [-0.2, -0.15) is 0 Å². The van der Waals surface area contributed by atoms with E-state index in [4.69, 9.17) is 9.15 Å². The summed E-state index contributed by atoms with van der Waals surface area (Å²) in [5, 5.41) is 0. The minimum atomic E-state index is -0.108. The summed E-state index contributed by atoms with van der Waals surface area (Å²) < 4.78 is 10.5. The van der Waals surface area contributed by atoms with Crippen molar-refractivity contribution in [3.05, 3.63) is 60.1 Å². The fourth-order valence-corrected chi connectivity index (χ4v) is 3.49. The molecule has 1 fully saturated rings. The average molecular weight is 370 g/mol. The standard InChI is InChI=1S/C21H26N2O4/c1-26-16-21(25)23-11-6-10-22(12-13-23)20(24)15-18(19-9-5-14-27-19)17-7-3-2-4-8-17/h2-5,7-9,14,18H,6,10-13,15-16H2,1H3/t18-/m0/s1. The largest absolute Gasteiger partial charge is 0.469 e. The van der Waals surface area contributed by atoms with Crippen LogP contribution in [0.15, 0.2) is 53.1 Å². The first-order chi connectivity index (χ1) is 13.2. The second kappa shape index (κ2) is 9.37. The van der Waals surface area contributed by atoms with Gasteiger partial charge in [0.2, 0.25) is 11.8 Å². The maximum atomic E-state index is 13.0. The van der Waals surface area contributed by atoms with E-state index in [2.05, 4.69) is 0 Å². The number of furan rings is 1. The minimum absolute atomic E-state index is 0.0236. The number of rotatable bonds is 6. The van der Waals surface area contributed by atoms with Gasteiger partial charge in [-0.05, 0) is 24.1 Å². The second-order valence-electron chi connectivity index (χ2n) is 6.73. The van der Waals surface area contributed by atoms with Crippen molar-refractivity contribution in [2.45, 2.75) is 18.8 Å². The van der Waals surface area contributed by atoms with Gasteiger partial charge in [-0.3, -0.25) is 9.59 Å². The second-order valence-corrected chi connectivity index (χ2v) is 6.73. The lowest BCUT2D eigenvalue weighted by Gasteiger charge is -2.24. The molecule has 0 radical (unpaired) electrons. The molecule has 2 aromatic rings. The van der Waals surface area contributed by atoms with Gasteiger partial charge >= 0.3 is 0 Å². The molecule has 27 heavy (non-hydrogen) atoms. The smallest absolute Gasteiger partial charge is 0.248 e. The van der Waals surface area contributed by atoms with E-state index in [0.29, 0.717) is 32.6 Å². The van der Waals surface area contributed by atoms with Crippen LogP contribution in [0.5, 0.6) is 0 Å². The minimum Gasteiger partial charge on any atom is -0.469 e. The molecule has 0 N–H and O–H groups in total. The molecule has 0 aliphatic carbocycles. The Bertz CT molecular complexity index is 730. The monoisotopic (exact) mass is 370 g/mol. The average Bonchev–Trinajstić information content (AvgIpc) is 3.10. The first-order valence-electron chi connectivity index (χ1n) is 9.32. The topological polar surface area (TPSA) is 63.0 Å². The summed E-state index contributed by atoms with van der Waals surface area (Å²) in [6.07, 6.45) is 2.77. The van der Waals surface area contributed by atoms with Crippen LogP contribution in [0.2, 0.25) is 0 Å². The SMILES string of the molecule is COCC(=O)N1CCCN(C(=O)C[C@@H](c2ccccc2)c2ccco2)CC1. The number of nitrogens with zero attached hydrogens (tertiary/aromatic N) is 2. The molecule has 1 aliphatic rings. The third-order valence-corrected chi connectivity index (χ3v) is 4.94. The zero-order valence-electron chi connectivity index (χ0n) is 15.7. The van der Waals surface area contributed by atoms with Crippen molar-refractivity contribution in [3.63, 3.8) is 0 Å². The Morgan fingerprint density at radius 1 is 1.00 bits per heavy atom. The third-order valence-electron chi connectivity index (χ3n) is 4.94. The van der Waals surface area contributed by atoms with E-state index < -0.39 is 0 Å². The molecule has 144 valence electrons. The molecule has 2 heterocycles.